The molecule has 10 aromatic carbocycles. The molecule has 0 atom stereocenters. The highest BCUT2D eigenvalue weighted by atomic mass is 16.3. The quantitative estimate of drug-likeness (QED) is 0.160. The van der Waals surface area contributed by atoms with E-state index in [1.165, 1.54) is 55.3 Å². The fourth-order valence-electron chi connectivity index (χ4n) is 10.1. The van der Waals surface area contributed by atoms with E-state index in [1.807, 2.05) is 12.1 Å². The molecule has 286 valence electrons. The predicted molar refractivity (Wildman–Crippen MR) is 254 cm³/mol. The average molecular weight is 778 g/mol. The van der Waals surface area contributed by atoms with E-state index in [1.54, 1.807) is 0 Å². The van der Waals surface area contributed by atoms with Gasteiger partial charge in [0.25, 0.3) is 0 Å². The Morgan fingerprint density at radius 3 is 1.70 bits per heavy atom. The van der Waals surface area contributed by atoms with Gasteiger partial charge in [0.15, 0.2) is 0 Å². The van der Waals surface area contributed by atoms with Crippen molar-refractivity contribution in [3.05, 3.63) is 259 Å². The lowest BCUT2D eigenvalue weighted by atomic mass is 9.67. The number of para-hydroxylation sites is 2. The first kappa shape index (κ1) is 35.0. The molecule has 1 aliphatic rings. The van der Waals surface area contributed by atoms with E-state index in [2.05, 4.69) is 229 Å². The van der Waals surface area contributed by atoms with Crippen molar-refractivity contribution in [1.29, 1.82) is 0 Å². The van der Waals surface area contributed by atoms with Crippen LogP contribution < -0.4 is 4.90 Å². The third-order valence-corrected chi connectivity index (χ3v) is 12.8. The summed E-state index contributed by atoms with van der Waals surface area (Å²) in [5.74, 6) is 0. The standard InChI is InChI=1S/C59H39NO/c1-3-18-43(19-4-1)59(44-20-5-2-6-21-44)54-27-12-9-24-50(54)51-36-35-46(39-55(51)59)60(45-33-30-41(31-34-45)48-26-15-17-40-16-7-8-22-47(40)48)56-28-13-10-23-49(56)42-32-37-58-53(38-42)52-25-11-14-29-57(52)61-58/h1-39H. The number of rotatable bonds is 7. The van der Waals surface area contributed by atoms with Gasteiger partial charge in [-0.25, -0.2) is 0 Å². The Labute approximate surface area is 355 Å². The minimum atomic E-state index is -0.527. The summed E-state index contributed by atoms with van der Waals surface area (Å²) in [6.45, 7) is 0. The molecule has 2 heteroatoms. The number of fused-ring (bicyclic) bond motifs is 7. The molecule has 11 aromatic rings. The lowest BCUT2D eigenvalue weighted by Crippen LogP contribution is -2.28. The Morgan fingerprint density at radius 1 is 0.328 bits per heavy atom. The molecule has 61 heavy (non-hydrogen) atoms. The first-order valence-corrected chi connectivity index (χ1v) is 21.0. The van der Waals surface area contributed by atoms with Crippen molar-refractivity contribution in [2.45, 2.75) is 5.41 Å². The number of benzene rings is 10. The maximum atomic E-state index is 6.29. The SMILES string of the molecule is c1ccc(C2(c3ccccc3)c3ccccc3-c3ccc(N(c4ccc(-c5cccc6ccccc56)cc4)c4ccccc4-c4ccc5oc6ccccc6c5c4)cc32)cc1. The van der Waals surface area contributed by atoms with Crippen molar-refractivity contribution >= 4 is 49.8 Å². The molecule has 0 spiro atoms. The molecular formula is C59H39NO. The molecule has 1 aromatic heterocycles. The van der Waals surface area contributed by atoms with Gasteiger partial charge in [-0.2, -0.15) is 0 Å². The van der Waals surface area contributed by atoms with Crippen LogP contribution in [0.5, 0.6) is 0 Å². The van der Waals surface area contributed by atoms with Gasteiger partial charge in [0, 0.05) is 27.7 Å². The van der Waals surface area contributed by atoms with Crippen molar-refractivity contribution in [1.82, 2.24) is 0 Å². The van der Waals surface area contributed by atoms with E-state index >= 15 is 0 Å². The van der Waals surface area contributed by atoms with Gasteiger partial charge in [0.05, 0.1) is 11.1 Å². The largest absolute Gasteiger partial charge is 0.456 e. The van der Waals surface area contributed by atoms with Crippen molar-refractivity contribution in [3.8, 4) is 33.4 Å². The molecule has 0 fully saturated rings. The maximum Gasteiger partial charge on any atom is 0.135 e. The summed E-state index contributed by atoms with van der Waals surface area (Å²) < 4.78 is 6.29. The highest BCUT2D eigenvalue weighted by Gasteiger charge is 2.46. The fraction of sp³-hybridized carbons (Fsp3) is 0.0169. The van der Waals surface area contributed by atoms with Crippen LogP contribution in [0.25, 0.3) is 66.1 Å². The zero-order valence-corrected chi connectivity index (χ0v) is 33.4. The average Bonchev–Trinajstić information content (AvgIpc) is 3.86. The van der Waals surface area contributed by atoms with E-state index in [-0.39, 0.29) is 0 Å². The normalized spacial score (nSPS) is 12.7. The molecule has 1 aliphatic carbocycles. The van der Waals surface area contributed by atoms with Gasteiger partial charge in [-0.3, -0.25) is 0 Å². The number of nitrogens with zero attached hydrogens (tertiary/aromatic N) is 1. The second kappa shape index (κ2) is 14.1. The number of furan rings is 1. The van der Waals surface area contributed by atoms with Crippen LogP contribution in [0.4, 0.5) is 17.1 Å². The molecule has 0 bridgehead atoms. The van der Waals surface area contributed by atoms with E-state index < -0.39 is 5.41 Å². The Kier molecular flexibility index (Phi) is 8.11. The van der Waals surface area contributed by atoms with Crippen LogP contribution in [-0.2, 0) is 5.41 Å². The Morgan fingerprint density at radius 2 is 0.902 bits per heavy atom. The Balaban J connectivity index is 1.10. The first-order valence-electron chi connectivity index (χ1n) is 21.0. The molecule has 2 nitrogen and oxygen atoms in total. The third kappa shape index (κ3) is 5.50. The van der Waals surface area contributed by atoms with Crippen LogP contribution in [0.1, 0.15) is 22.3 Å². The molecule has 12 rings (SSSR count). The van der Waals surface area contributed by atoms with Gasteiger partial charge in [-0.1, -0.05) is 188 Å². The monoisotopic (exact) mass is 777 g/mol. The Hall–Kier alpha value is -7.94. The molecule has 0 unspecified atom stereocenters. The van der Waals surface area contributed by atoms with Gasteiger partial charge in [-0.15, -0.1) is 0 Å². The maximum absolute atomic E-state index is 6.29. The topological polar surface area (TPSA) is 16.4 Å². The van der Waals surface area contributed by atoms with Crippen molar-refractivity contribution in [2.75, 3.05) is 4.90 Å². The minimum Gasteiger partial charge on any atom is -0.456 e. The van der Waals surface area contributed by atoms with Crippen LogP contribution in [0.15, 0.2) is 241 Å². The van der Waals surface area contributed by atoms with Crippen molar-refractivity contribution < 1.29 is 4.42 Å². The predicted octanol–water partition coefficient (Wildman–Crippen LogP) is 15.9. The molecule has 1 heterocycles. The molecule has 0 amide bonds. The van der Waals surface area contributed by atoms with Crippen LogP contribution in [0.2, 0.25) is 0 Å². The van der Waals surface area contributed by atoms with Crippen LogP contribution >= 0.6 is 0 Å². The summed E-state index contributed by atoms with van der Waals surface area (Å²) in [6.07, 6.45) is 0. The molecular weight excluding hydrogens is 739 g/mol. The van der Waals surface area contributed by atoms with E-state index in [0.717, 1.165) is 50.1 Å². The second-order valence-corrected chi connectivity index (χ2v) is 16.0. The third-order valence-electron chi connectivity index (χ3n) is 12.8. The van der Waals surface area contributed by atoms with E-state index in [9.17, 15) is 0 Å². The van der Waals surface area contributed by atoms with Gasteiger partial charge in [-0.05, 0) is 109 Å². The summed E-state index contributed by atoms with van der Waals surface area (Å²) in [5, 5.41) is 4.72. The number of hydrogen-bond donors (Lipinski definition) is 0. The molecule has 0 radical (unpaired) electrons. The highest BCUT2D eigenvalue weighted by molar-refractivity contribution is 6.07. The van der Waals surface area contributed by atoms with Gasteiger partial charge in [0.2, 0.25) is 0 Å². The molecule has 0 saturated carbocycles. The fourth-order valence-corrected chi connectivity index (χ4v) is 10.1. The van der Waals surface area contributed by atoms with Gasteiger partial charge >= 0.3 is 0 Å². The van der Waals surface area contributed by atoms with E-state index in [4.69, 9.17) is 4.42 Å². The summed E-state index contributed by atoms with van der Waals surface area (Å²) in [6, 6.07) is 86.2. The van der Waals surface area contributed by atoms with Crippen LogP contribution in [-0.4, -0.2) is 0 Å². The molecule has 0 N–H and O–H groups in total. The summed E-state index contributed by atoms with van der Waals surface area (Å²) >= 11 is 0. The zero-order chi connectivity index (χ0) is 40.3. The number of hydrogen-bond acceptors (Lipinski definition) is 2. The lowest BCUT2D eigenvalue weighted by molar-refractivity contribution is 0.669. The highest BCUT2D eigenvalue weighted by Crippen LogP contribution is 2.57. The van der Waals surface area contributed by atoms with Gasteiger partial charge < -0.3 is 9.32 Å². The smallest absolute Gasteiger partial charge is 0.135 e. The Bertz CT molecular complexity index is 3370. The first-order chi connectivity index (χ1) is 30.3. The van der Waals surface area contributed by atoms with Crippen molar-refractivity contribution in [3.63, 3.8) is 0 Å². The lowest BCUT2D eigenvalue weighted by Gasteiger charge is -2.35. The van der Waals surface area contributed by atoms with Crippen LogP contribution in [0.3, 0.4) is 0 Å². The summed E-state index contributed by atoms with van der Waals surface area (Å²) in [7, 11) is 0. The summed E-state index contributed by atoms with van der Waals surface area (Å²) in [4.78, 5) is 2.45. The number of anilines is 3. The minimum absolute atomic E-state index is 0.527. The summed E-state index contributed by atoms with van der Waals surface area (Å²) in [5.41, 5.74) is 16.8. The van der Waals surface area contributed by atoms with Gasteiger partial charge in [0.1, 0.15) is 11.2 Å². The van der Waals surface area contributed by atoms with Crippen molar-refractivity contribution in [2.24, 2.45) is 0 Å². The second-order valence-electron chi connectivity index (χ2n) is 16.0. The van der Waals surface area contributed by atoms with Crippen LogP contribution in [0, 0.1) is 0 Å². The molecule has 0 aliphatic heterocycles. The zero-order valence-electron chi connectivity index (χ0n) is 33.4. The van der Waals surface area contributed by atoms with E-state index in [0.29, 0.717) is 0 Å². The molecule has 0 saturated heterocycles.